The summed E-state index contributed by atoms with van der Waals surface area (Å²) in [5, 5.41) is 0. The molecule has 4 rings (SSSR count). The standard InChI is InChI=1S/2C12H13.C2H7Si.2CH3.Zr/c2*1-3-10-5-4-6-11-7-9(2)8-12(10)11;1-3-2;;;/h2*4-8H,3H2,1-2H3;3H,1-2H3;2*1H3;. The van der Waals surface area contributed by atoms with Gasteiger partial charge >= 0.3 is 187 Å². The number of hydrogen-bond donors (Lipinski definition) is 0. The molecule has 0 aromatic heterocycles. The van der Waals surface area contributed by atoms with E-state index >= 15 is 0 Å². The van der Waals surface area contributed by atoms with Crippen LogP contribution in [0.4, 0.5) is 0 Å². The zero-order chi connectivity index (χ0) is 21.9. The Morgan fingerprint density at radius 3 is 1.47 bits per heavy atom. The van der Waals surface area contributed by atoms with E-state index in [0.717, 1.165) is 12.8 Å². The van der Waals surface area contributed by atoms with Crippen LogP contribution in [0.15, 0.2) is 47.5 Å². The summed E-state index contributed by atoms with van der Waals surface area (Å²) in [4.78, 5) is 0. The van der Waals surface area contributed by atoms with E-state index in [0.29, 0.717) is 7.25 Å². The Bertz CT molecular complexity index is 991. The molecule has 0 radical (unpaired) electrons. The minimum atomic E-state index is -3.35. The molecule has 2 aliphatic rings. The Kier molecular flexibility index (Phi) is 5.60. The van der Waals surface area contributed by atoms with Crippen LogP contribution in [0.25, 0.3) is 12.2 Å². The van der Waals surface area contributed by atoms with Gasteiger partial charge < -0.3 is 0 Å². The molecule has 0 spiro atoms. The van der Waals surface area contributed by atoms with Gasteiger partial charge in [0.1, 0.15) is 0 Å². The van der Waals surface area contributed by atoms with Crippen molar-refractivity contribution in [3.05, 3.63) is 80.9 Å². The fourth-order valence-corrected chi connectivity index (χ4v) is 37.9. The second-order valence-electron chi connectivity index (χ2n) is 11.1. The summed E-state index contributed by atoms with van der Waals surface area (Å²) in [6.45, 7) is 14.8. The van der Waals surface area contributed by atoms with Crippen molar-refractivity contribution in [1.82, 2.24) is 0 Å². The Morgan fingerprint density at radius 2 is 1.13 bits per heavy atom. The first-order valence-electron chi connectivity index (χ1n) is 11.9. The Hall–Kier alpha value is -0.980. The third kappa shape index (κ3) is 2.93. The molecule has 0 amide bonds. The minimum absolute atomic E-state index is 0.684. The van der Waals surface area contributed by atoms with Crippen LogP contribution in [0, 0.1) is 0 Å². The molecule has 2 heteroatoms. The molecule has 0 bridgehead atoms. The van der Waals surface area contributed by atoms with Crippen LogP contribution in [0.1, 0.15) is 68.3 Å². The van der Waals surface area contributed by atoms with Gasteiger partial charge in [0.2, 0.25) is 0 Å². The van der Waals surface area contributed by atoms with Crippen molar-refractivity contribution in [2.75, 3.05) is 0 Å². The van der Waals surface area contributed by atoms with E-state index in [-0.39, 0.29) is 0 Å². The summed E-state index contributed by atoms with van der Waals surface area (Å²) in [7, 11) is 0. The zero-order valence-corrected chi connectivity index (χ0v) is 23.9. The quantitative estimate of drug-likeness (QED) is 0.367. The third-order valence-electron chi connectivity index (χ3n) is 9.14. The normalized spacial score (nSPS) is 21.7. The number of benzene rings is 2. The third-order valence-corrected chi connectivity index (χ3v) is 56.3. The van der Waals surface area contributed by atoms with Gasteiger partial charge in [-0.25, -0.2) is 0 Å². The van der Waals surface area contributed by atoms with Crippen molar-refractivity contribution in [3.63, 3.8) is 0 Å². The molecule has 2 aliphatic carbocycles. The Morgan fingerprint density at radius 1 is 0.733 bits per heavy atom. The van der Waals surface area contributed by atoms with Crippen LogP contribution in [0.5, 0.6) is 0 Å². The van der Waals surface area contributed by atoms with Gasteiger partial charge in [-0.2, -0.15) is 0 Å². The maximum absolute atomic E-state index is 3.35. The molecule has 0 N–H and O–H groups in total. The molecular weight excluding hydrogens is 456 g/mol. The van der Waals surface area contributed by atoms with Gasteiger partial charge in [-0.1, -0.05) is 0 Å². The van der Waals surface area contributed by atoms with Gasteiger partial charge in [0.15, 0.2) is 0 Å². The van der Waals surface area contributed by atoms with Crippen LogP contribution < -0.4 is 0 Å². The summed E-state index contributed by atoms with van der Waals surface area (Å²) < 4.78 is 7.07. The molecule has 2 atom stereocenters. The average molecular weight is 495 g/mol. The molecule has 2 aromatic carbocycles. The van der Waals surface area contributed by atoms with E-state index in [2.05, 4.69) is 98.6 Å². The van der Waals surface area contributed by atoms with Crippen LogP contribution in [-0.4, -0.2) is 5.92 Å². The van der Waals surface area contributed by atoms with Crippen LogP contribution >= 0.6 is 0 Å². The van der Waals surface area contributed by atoms with E-state index in [9.17, 15) is 0 Å². The second-order valence-corrected chi connectivity index (χ2v) is 48.9. The topological polar surface area (TPSA) is 0 Å². The van der Waals surface area contributed by atoms with Crippen molar-refractivity contribution in [2.24, 2.45) is 0 Å². The molecule has 30 heavy (non-hydrogen) atoms. The SMILES string of the molecule is CCc1cccc2c1C=C(C)[CH]2[Zr]([CH3])([CH3])([CH]1C(C)=Cc2c(CC)cccc21)[SiH](C)C. The molecule has 159 valence electrons. The first-order valence-corrected chi connectivity index (χ1v) is 26.8. The van der Waals surface area contributed by atoms with Crippen molar-refractivity contribution in [3.8, 4) is 0 Å². The molecule has 0 heterocycles. The Balaban J connectivity index is 1.99. The molecule has 2 aromatic rings. The van der Waals surface area contributed by atoms with Crippen LogP contribution in [0.3, 0.4) is 0 Å². The van der Waals surface area contributed by atoms with Gasteiger partial charge in [0.25, 0.3) is 0 Å². The summed E-state index contributed by atoms with van der Waals surface area (Å²) in [5.41, 5.74) is 12.8. The van der Waals surface area contributed by atoms with Crippen molar-refractivity contribution in [1.29, 1.82) is 0 Å². The Labute approximate surface area is 186 Å². The van der Waals surface area contributed by atoms with Crippen molar-refractivity contribution < 1.29 is 17.9 Å². The predicted octanol–water partition coefficient (Wildman–Crippen LogP) is 8.20. The summed E-state index contributed by atoms with van der Waals surface area (Å²) in [6, 6.07) is 14.3. The van der Waals surface area contributed by atoms with E-state index in [4.69, 9.17) is 0 Å². The summed E-state index contributed by atoms with van der Waals surface area (Å²) in [5.74, 6) is -0.937. The van der Waals surface area contributed by atoms with Gasteiger partial charge in [0, 0.05) is 0 Å². The number of aryl methyl sites for hydroxylation is 2. The molecule has 2 unspecified atom stereocenters. The number of rotatable bonds is 5. The second kappa shape index (κ2) is 7.56. The summed E-state index contributed by atoms with van der Waals surface area (Å²) in [6.07, 6.45) is 7.38. The first-order chi connectivity index (χ1) is 14.1. The zero-order valence-electron chi connectivity index (χ0n) is 20.3. The van der Waals surface area contributed by atoms with Gasteiger partial charge in [-0.05, 0) is 0 Å². The van der Waals surface area contributed by atoms with E-state index in [1.54, 1.807) is 33.4 Å². The summed E-state index contributed by atoms with van der Waals surface area (Å²) >= 11 is -3.35. The van der Waals surface area contributed by atoms with Crippen molar-refractivity contribution >= 4 is 18.1 Å². The van der Waals surface area contributed by atoms with Gasteiger partial charge in [-0.15, -0.1) is 0 Å². The maximum atomic E-state index is 2.85. The van der Waals surface area contributed by atoms with E-state index in [1.165, 1.54) is 11.1 Å². The number of fused-ring (bicyclic) bond motifs is 2. The number of hydrogen-bond acceptors (Lipinski definition) is 0. The molecule has 0 saturated heterocycles. The monoisotopic (exact) mass is 493 g/mol. The molecular formula is C28H39SiZr. The first kappa shape index (κ1) is 22.2. The predicted molar refractivity (Wildman–Crippen MR) is 135 cm³/mol. The van der Waals surface area contributed by atoms with Crippen LogP contribution in [-0.2, 0) is 30.8 Å². The van der Waals surface area contributed by atoms with Gasteiger partial charge in [0.05, 0.1) is 0 Å². The van der Waals surface area contributed by atoms with Crippen molar-refractivity contribution in [2.45, 2.75) is 70.1 Å². The molecule has 0 fully saturated rings. The fraction of sp³-hybridized carbons (Fsp3) is 0.429. The average Bonchev–Trinajstić information content (AvgIpc) is 3.23. The van der Waals surface area contributed by atoms with E-state index in [1.807, 2.05) is 0 Å². The van der Waals surface area contributed by atoms with Gasteiger partial charge in [-0.3, -0.25) is 0 Å². The molecule has 0 nitrogen and oxygen atoms in total. The molecule has 0 aliphatic heterocycles. The van der Waals surface area contributed by atoms with E-state index < -0.39 is 23.9 Å². The fourth-order valence-electron chi connectivity index (χ4n) is 7.10. The number of allylic oxidation sites excluding steroid dienone is 2. The molecule has 0 saturated carbocycles. The van der Waals surface area contributed by atoms with Crippen LogP contribution in [0.2, 0.25) is 22.4 Å².